The van der Waals surface area contributed by atoms with Crippen LogP contribution in [-0.4, -0.2) is 43.4 Å². The molecule has 0 spiro atoms. The summed E-state index contributed by atoms with van der Waals surface area (Å²) in [6.07, 6.45) is 4.26. The molecule has 4 heteroatoms. The second-order valence-corrected chi connectivity index (χ2v) is 7.40. The van der Waals surface area contributed by atoms with E-state index in [1.165, 1.54) is 16.5 Å². The molecule has 1 atom stereocenters. The average Bonchev–Trinajstić information content (AvgIpc) is 3.11. The highest BCUT2D eigenvalue weighted by Crippen LogP contribution is 2.34. The van der Waals surface area contributed by atoms with E-state index in [4.69, 9.17) is 4.74 Å². The number of nitrogens with zero attached hydrogens (tertiary/aromatic N) is 1. The molecule has 0 radical (unpaired) electrons. The Balaban J connectivity index is 1.58. The standard InChI is InChI=1S/C22H25NO3/c1-26-13-11-20(24)23-12-3-5-17(14-23)22(25)19-10-9-16-8-7-15-4-2-6-18(19)21(15)16/h2,4,6,9-10,17H,3,5,7-8,11-14H2,1H3/t17-/m1/s1. The van der Waals surface area contributed by atoms with Gasteiger partial charge in [0.25, 0.3) is 0 Å². The number of benzene rings is 2. The zero-order valence-electron chi connectivity index (χ0n) is 15.3. The maximum absolute atomic E-state index is 13.3. The largest absolute Gasteiger partial charge is 0.384 e. The second kappa shape index (κ2) is 7.20. The summed E-state index contributed by atoms with van der Waals surface area (Å²) in [7, 11) is 1.60. The van der Waals surface area contributed by atoms with Gasteiger partial charge in [0.2, 0.25) is 5.91 Å². The molecular formula is C22H25NO3. The predicted molar refractivity (Wildman–Crippen MR) is 101 cm³/mol. The van der Waals surface area contributed by atoms with Crippen molar-refractivity contribution in [3.8, 4) is 0 Å². The Hall–Kier alpha value is -2.20. The van der Waals surface area contributed by atoms with Crippen LogP contribution < -0.4 is 0 Å². The summed E-state index contributed by atoms with van der Waals surface area (Å²) in [5.74, 6) is 0.170. The molecule has 0 aromatic heterocycles. The molecule has 0 saturated carbocycles. The lowest BCUT2D eigenvalue weighted by Crippen LogP contribution is -2.42. The van der Waals surface area contributed by atoms with Crippen LogP contribution in [0.1, 0.15) is 40.7 Å². The van der Waals surface area contributed by atoms with Crippen LogP contribution in [0, 0.1) is 5.92 Å². The van der Waals surface area contributed by atoms with Gasteiger partial charge in [0.1, 0.15) is 0 Å². The molecule has 1 aliphatic heterocycles. The molecule has 4 rings (SSSR count). The van der Waals surface area contributed by atoms with Crippen LogP contribution >= 0.6 is 0 Å². The Labute approximate surface area is 154 Å². The van der Waals surface area contributed by atoms with Crippen molar-refractivity contribution in [1.29, 1.82) is 0 Å². The number of carbonyl (C=O) groups is 2. The van der Waals surface area contributed by atoms with Crippen molar-refractivity contribution in [2.45, 2.75) is 32.1 Å². The maximum atomic E-state index is 13.3. The van der Waals surface area contributed by atoms with Gasteiger partial charge in [-0.05, 0) is 47.6 Å². The van der Waals surface area contributed by atoms with Crippen LogP contribution in [0.25, 0.3) is 10.8 Å². The summed E-state index contributed by atoms with van der Waals surface area (Å²) < 4.78 is 5.01. The molecule has 1 saturated heterocycles. The molecule has 2 aromatic carbocycles. The molecule has 1 fully saturated rings. The van der Waals surface area contributed by atoms with Gasteiger partial charge in [0.15, 0.2) is 5.78 Å². The van der Waals surface area contributed by atoms with Gasteiger partial charge in [0, 0.05) is 31.7 Å². The topological polar surface area (TPSA) is 46.6 Å². The van der Waals surface area contributed by atoms with Gasteiger partial charge in [-0.15, -0.1) is 0 Å². The normalized spacial score (nSPS) is 19.1. The molecule has 0 unspecified atom stereocenters. The molecule has 4 nitrogen and oxygen atoms in total. The minimum absolute atomic E-state index is 0.0877. The van der Waals surface area contributed by atoms with Crippen molar-refractivity contribution in [2.75, 3.05) is 26.8 Å². The number of aryl methyl sites for hydroxylation is 2. The van der Waals surface area contributed by atoms with Crippen molar-refractivity contribution in [3.63, 3.8) is 0 Å². The van der Waals surface area contributed by atoms with E-state index in [9.17, 15) is 9.59 Å². The van der Waals surface area contributed by atoms with Crippen molar-refractivity contribution >= 4 is 22.5 Å². The van der Waals surface area contributed by atoms with Crippen molar-refractivity contribution in [1.82, 2.24) is 4.90 Å². The fourth-order valence-electron chi connectivity index (χ4n) is 4.45. The van der Waals surface area contributed by atoms with Crippen molar-refractivity contribution in [2.24, 2.45) is 5.92 Å². The Bertz CT molecular complexity index is 848. The molecular weight excluding hydrogens is 326 g/mol. The lowest BCUT2D eigenvalue weighted by atomic mass is 9.87. The van der Waals surface area contributed by atoms with Gasteiger partial charge in [0.05, 0.1) is 13.0 Å². The lowest BCUT2D eigenvalue weighted by molar-refractivity contribution is -0.133. The Kier molecular flexibility index (Phi) is 4.77. The van der Waals surface area contributed by atoms with Gasteiger partial charge in [-0.1, -0.05) is 30.3 Å². The maximum Gasteiger partial charge on any atom is 0.224 e. The molecule has 1 heterocycles. The number of ketones is 1. The highest BCUT2D eigenvalue weighted by atomic mass is 16.5. The summed E-state index contributed by atoms with van der Waals surface area (Å²) in [6.45, 7) is 1.71. The fraction of sp³-hybridized carbons (Fsp3) is 0.455. The number of rotatable bonds is 5. The van der Waals surface area contributed by atoms with Crippen LogP contribution in [0.3, 0.4) is 0 Å². The minimum atomic E-state index is -0.103. The van der Waals surface area contributed by atoms with Gasteiger partial charge in [-0.2, -0.15) is 0 Å². The van der Waals surface area contributed by atoms with Crippen LogP contribution in [0.2, 0.25) is 0 Å². The Morgan fingerprint density at radius 2 is 1.96 bits per heavy atom. The summed E-state index contributed by atoms with van der Waals surface area (Å²) in [4.78, 5) is 27.4. The summed E-state index contributed by atoms with van der Waals surface area (Å²) >= 11 is 0. The second-order valence-electron chi connectivity index (χ2n) is 7.40. The van der Waals surface area contributed by atoms with Crippen molar-refractivity contribution in [3.05, 3.63) is 47.0 Å². The molecule has 2 aromatic rings. The van der Waals surface area contributed by atoms with E-state index in [0.717, 1.165) is 43.2 Å². The number of ether oxygens (including phenoxy) is 1. The number of hydrogen-bond acceptors (Lipinski definition) is 3. The zero-order valence-corrected chi connectivity index (χ0v) is 15.3. The zero-order chi connectivity index (χ0) is 18.1. The number of carbonyl (C=O) groups excluding carboxylic acids is 2. The first-order valence-corrected chi connectivity index (χ1v) is 9.53. The van der Waals surface area contributed by atoms with E-state index in [1.807, 2.05) is 11.0 Å². The number of amides is 1. The number of piperidine rings is 1. The number of hydrogen-bond donors (Lipinski definition) is 0. The van der Waals surface area contributed by atoms with Crippen LogP contribution in [0.4, 0.5) is 0 Å². The first-order chi connectivity index (χ1) is 12.7. The molecule has 26 heavy (non-hydrogen) atoms. The fourth-order valence-corrected chi connectivity index (χ4v) is 4.45. The van der Waals surface area contributed by atoms with E-state index >= 15 is 0 Å². The van der Waals surface area contributed by atoms with E-state index in [2.05, 4.69) is 24.3 Å². The molecule has 2 aliphatic rings. The quantitative estimate of drug-likeness (QED) is 0.776. The SMILES string of the molecule is COCCC(=O)N1CCC[C@@H](C(=O)c2ccc3c4c(cccc24)CC3)C1. The van der Waals surface area contributed by atoms with Gasteiger partial charge in [-0.25, -0.2) is 0 Å². The third-order valence-electron chi connectivity index (χ3n) is 5.81. The van der Waals surface area contributed by atoms with E-state index < -0.39 is 0 Å². The van der Waals surface area contributed by atoms with Crippen LogP contribution in [-0.2, 0) is 22.4 Å². The number of methoxy groups -OCH3 is 1. The third-order valence-corrected chi connectivity index (χ3v) is 5.81. The molecule has 1 amide bonds. The van der Waals surface area contributed by atoms with E-state index in [0.29, 0.717) is 19.6 Å². The summed E-state index contributed by atoms with van der Waals surface area (Å²) in [6, 6.07) is 10.4. The molecule has 0 N–H and O–H groups in total. The first-order valence-electron chi connectivity index (χ1n) is 9.53. The van der Waals surface area contributed by atoms with E-state index in [-0.39, 0.29) is 17.6 Å². The highest BCUT2D eigenvalue weighted by molar-refractivity contribution is 6.11. The van der Waals surface area contributed by atoms with Crippen molar-refractivity contribution < 1.29 is 14.3 Å². The third kappa shape index (κ3) is 3.03. The summed E-state index contributed by atoms with van der Waals surface area (Å²) in [5.41, 5.74) is 3.53. The Morgan fingerprint density at radius 1 is 1.15 bits per heavy atom. The smallest absolute Gasteiger partial charge is 0.224 e. The van der Waals surface area contributed by atoms with Gasteiger partial charge >= 0.3 is 0 Å². The minimum Gasteiger partial charge on any atom is -0.384 e. The Morgan fingerprint density at radius 3 is 2.77 bits per heavy atom. The first kappa shape index (κ1) is 17.2. The highest BCUT2D eigenvalue weighted by Gasteiger charge is 2.30. The van der Waals surface area contributed by atoms with E-state index in [1.54, 1.807) is 7.11 Å². The average molecular weight is 351 g/mol. The molecule has 136 valence electrons. The van der Waals surface area contributed by atoms with Gasteiger partial charge in [-0.3, -0.25) is 9.59 Å². The summed E-state index contributed by atoms with van der Waals surface area (Å²) in [5, 5.41) is 2.37. The molecule has 1 aliphatic carbocycles. The van der Waals surface area contributed by atoms with Crippen LogP contribution in [0.15, 0.2) is 30.3 Å². The van der Waals surface area contributed by atoms with Crippen LogP contribution in [0.5, 0.6) is 0 Å². The predicted octanol–water partition coefficient (Wildman–Crippen LogP) is 3.40. The number of likely N-dealkylation sites (tertiary alicyclic amines) is 1. The monoisotopic (exact) mass is 351 g/mol. The lowest BCUT2D eigenvalue weighted by Gasteiger charge is -2.32. The number of Topliss-reactive ketones (excluding diaryl/α,β-unsaturated/α-hetero) is 1. The molecule has 0 bridgehead atoms. The van der Waals surface area contributed by atoms with Gasteiger partial charge < -0.3 is 9.64 Å².